The van der Waals surface area contributed by atoms with Crippen molar-refractivity contribution in [3.63, 3.8) is 0 Å². The highest BCUT2D eigenvalue weighted by Crippen LogP contribution is 2.61. The van der Waals surface area contributed by atoms with Crippen LogP contribution in [0.1, 0.15) is 58.3 Å². The number of carbonyl (C=O) groups is 1. The average molecular weight is 292 g/mol. The van der Waals surface area contributed by atoms with Crippen molar-refractivity contribution in [2.45, 2.75) is 70.5 Å². The Bertz CT molecular complexity index is 448. The molecule has 21 heavy (non-hydrogen) atoms. The molecule has 0 aromatic heterocycles. The van der Waals surface area contributed by atoms with Crippen LogP contribution >= 0.6 is 0 Å². The van der Waals surface area contributed by atoms with Crippen molar-refractivity contribution in [1.82, 2.24) is 0 Å². The van der Waals surface area contributed by atoms with Gasteiger partial charge in [0, 0.05) is 5.41 Å². The van der Waals surface area contributed by atoms with Crippen molar-refractivity contribution in [2.75, 3.05) is 0 Å². The second-order valence-electron chi connectivity index (χ2n) is 8.47. The van der Waals surface area contributed by atoms with Crippen LogP contribution in [0, 0.1) is 35.0 Å². The highest BCUT2D eigenvalue weighted by molar-refractivity contribution is 5.91. The van der Waals surface area contributed by atoms with Crippen LogP contribution in [-0.2, 0) is 4.79 Å². The second-order valence-corrected chi connectivity index (χ2v) is 8.47. The van der Waals surface area contributed by atoms with E-state index in [0.29, 0.717) is 24.2 Å². The molecule has 0 aromatic rings. The lowest BCUT2D eigenvalue weighted by Crippen LogP contribution is -2.49. The molecule has 3 heteroatoms. The molecule has 3 nitrogen and oxygen atoms in total. The second kappa shape index (κ2) is 4.79. The molecule has 4 aliphatic carbocycles. The summed E-state index contributed by atoms with van der Waals surface area (Å²) in [5.74, 6) is 3.39. The van der Waals surface area contributed by atoms with Crippen LogP contribution in [0.4, 0.5) is 0 Å². The minimum absolute atomic E-state index is 0.0773. The van der Waals surface area contributed by atoms with Gasteiger partial charge in [0.1, 0.15) is 6.10 Å². The molecule has 4 aliphatic rings. The molecule has 0 radical (unpaired) electrons. The number of ketones is 1. The Kier molecular flexibility index (Phi) is 3.24. The monoisotopic (exact) mass is 292 g/mol. The first-order valence-electron chi connectivity index (χ1n) is 8.91. The largest absolute Gasteiger partial charge is 0.393 e. The predicted octanol–water partition coefficient (Wildman–Crippen LogP) is 2.54. The van der Waals surface area contributed by atoms with E-state index in [2.05, 4.69) is 6.92 Å². The van der Waals surface area contributed by atoms with E-state index in [-0.39, 0.29) is 17.3 Å². The van der Waals surface area contributed by atoms with Gasteiger partial charge >= 0.3 is 0 Å². The Morgan fingerprint density at radius 2 is 1.71 bits per heavy atom. The molecule has 118 valence electrons. The van der Waals surface area contributed by atoms with Crippen LogP contribution in [0.15, 0.2) is 0 Å². The minimum atomic E-state index is -0.704. The summed E-state index contributed by atoms with van der Waals surface area (Å²) < 4.78 is 0. The van der Waals surface area contributed by atoms with E-state index in [1.54, 1.807) is 0 Å². The summed E-state index contributed by atoms with van der Waals surface area (Å²) in [6.45, 7) is 2.11. The van der Waals surface area contributed by atoms with Crippen molar-refractivity contribution in [3.05, 3.63) is 0 Å². The van der Waals surface area contributed by atoms with Crippen molar-refractivity contribution in [2.24, 2.45) is 35.0 Å². The molecular weight excluding hydrogens is 264 g/mol. The maximum absolute atomic E-state index is 12.4. The van der Waals surface area contributed by atoms with Crippen molar-refractivity contribution >= 4 is 5.78 Å². The van der Waals surface area contributed by atoms with Crippen molar-refractivity contribution in [1.29, 1.82) is 0 Å². The first kappa shape index (κ1) is 14.2. The Morgan fingerprint density at radius 1 is 0.952 bits per heavy atom. The third-order valence-electron chi connectivity index (χ3n) is 7.66. The summed E-state index contributed by atoms with van der Waals surface area (Å²) in [4.78, 5) is 12.4. The number of aliphatic hydroxyl groups is 2. The molecule has 0 aliphatic heterocycles. The van der Waals surface area contributed by atoms with E-state index in [9.17, 15) is 15.0 Å². The molecule has 4 saturated carbocycles. The van der Waals surface area contributed by atoms with Gasteiger partial charge in [0.25, 0.3) is 0 Å². The third-order valence-corrected chi connectivity index (χ3v) is 7.66. The number of rotatable bonds is 0. The fraction of sp³-hybridized carbons (Fsp3) is 0.944. The van der Waals surface area contributed by atoms with E-state index < -0.39 is 6.10 Å². The zero-order chi connectivity index (χ0) is 14.8. The highest BCUT2D eigenvalue weighted by Gasteiger charge is 2.59. The van der Waals surface area contributed by atoms with Crippen LogP contribution < -0.4 is 0 Å². The van der Waals surface area contributed by atoms with E-state index in [0.717, 1.165) is 37.5 Å². The van der Waals surface area contributed by atoms with Gasteiger partial charge < -0.3 is 10.2 Å². The summed E-state index contributed by atoms with van der Waals surface area (Å²) in [6.07, 6.45) is 7.62. The zero-order valence-electron chi connectivity index (χ0n) is 13.0. The molecule has 1 unspecified atom stereocenters. The Morgan fingerprint density at radius 3 is 2.52 bits per heavy atom. The lowest BCUT2D eigenvalue weighted by molar-refractivity contribution is -0.137. The number of Topliss-reactive ketones (excluding diaryl/α,β-unsaturated/α-hetero) is 1. The number of carbonyl (C=O) groups excluding carboxylic acids is 1. The maximum atomic E-state index is 12.4. The van der Waals surface area contributed by atoms with Gasteiger partial charge in [-0.2, -0.15) is 0 Å². The van der Waals surface area contributed by atoms with Crippen LogP contribution in [0.3, 0.4) is 0 Å². The van der Waals surface area contributed by atoms with Gasteiger partial charge in [0.2, 0.25) is 0 Å². The van der Waals surface area contributed by atoms with E-state index in [1.165, 1.54) is 19.3 Å². The topological polar surface area (TPSA) is 57.5 Å². The van der Waals surface area contributed by atoms with Crippen LogP contribution in [0.2, 0.25) is 0 Å². The van der Waals surface area contributed by atoms with E-state index in [4.69, 9.17) is 0 Å². The summed E-state index contributed by atoms with van der Waals surface area (Å²) in [5.41, 5.74) is -0.248. The Balaban J connectivity index is 1.59. The first-order chi connectivity index (χ1) is 10.0. The van der Waals surface area contributed by atoms with Gasteiger partial charge in [-0.1, -0.05) is 6.92 Å². The number of hydrogen-bond acceptors (Lipinski definition) is 3. The van der Waals surface area contributed by atoms with Gasteiger partial charge in [-0.3, -0.25) is 4.79 Å². The third kappa shape index (κ3) is 1.96. The van der Waals surface area contributed by atoms with Gasteiger partial charge in [-0.05, 0) is 81.0 Å². The number of fused-ring (bicyclic) bond motifs is 5. The number of aliphatic hydroxyl groups excluding tert-OH is 2. The molecular formula is C18H28O3. The maximum Gasteiger partial charge on any atom is 0.167 e. The molecule has 0 saturated heterocycles. The molecule has 0 aromatic carbocycles. The Labute approximate surface area is 127 Å². The molecule has 0 heterocycles. The molecule has 4 rings (SSSR count). The van der Waals surface area contributed by atoms with Gasteiger partial charge in [0.05, 0.1) is 6.10 Å². The van der Waals surface area contributed by atoms with Crippen LogP contribution in [0.5, 0.6) is 0 Å². The summed E-state index contributed by atoms with van der Waals surface area (Å²) in [7, 11) is 0. The smallest absolute Gasteiger partial charge is 0.167 e. The normalized spacial score (nSPS) is 56.5. The lowest BCUT2D eigenvalue weighted by atomic mass is 9.50. The molecule has 0 spiro atoms. The fourth-order valence-corrected chi connectivity index (χ4v) is 6.62. The molecule has 2 N–H and O–H groups in total. The summed E-state index contributed by atoms with van der Waals surface area (Å²) in [6, 6.07) is 0. The predicted molar refractivity (Wildman–Crippen MR) is 79.5 cm³/mol. The molecule has 4 fully saturated rings. The summed E-state index contributed by atoms with van der Waals surface area (Å²) in [5, 5.41) is 20.0. The van der Waals surface area contributed by atoms with Crippen molar-refractivity contribution < 1.29 is 15.0 Å². The highest BCUT2D eigenvalue weighted by atomic mass is 16.3. The minimum Gasteiger partial charge on any atom is -0.393 e. The van der Waals surface area contributed by atoms with Crippen LogP contribution in [-0.4, -0.2) is 28.2 Å². The quantitative estimate of drug-likeness (QED) is 0.721. The molecule has 0 bridgehead atoms. The molecule has 8 atom stereocenters. The Hall–Kier alpha value is -0.410. The van der Waals surface area contributed by atoms with E-state index >= 15 is 0 Å². The average Bonchev–Trinajstić information content (AvgIpc) is 2.70. The van der Waals surface area contributed by atoms with Crippen LogP contribution in [0.25, 0.3) is 0 Å². The lowest BCUT2D eigenvalue weighted by Gasteiger charge is -2.54. The zero-order valence-corrected chi connectivity index (χ0v) is 13.0. The first-order valence-corrected chi connectivity index (χ1v) is 8.91. The van der Waals surface area contributed by atoms with E-state index in [1.807, 2.05) is 0 Å². The van der Waals surface area contributed by atoms with Crippen molar-refractivity contribution in [3.8, 4) is 0 Å². The van der Waals surface area contributed by atoms with Gasteiger partial charge in [-0.25, -0.2) is 0 Å². The standard InChI is InChI=1S/C18H28O3/c1-18-7-6-13-12-5-3-11(19)8-10(12)2-4-14(13)15(18)9-16(20)17(18)21/h10-16,19-20H,2-9H2,1H3/t10-,11-,12?,13-,14-,15+,16-,18+/m1/s1. The van der Waals surface area contributed by atoms with Gasteiger partial charge in [0.15, 0.2) is 5.78 Å². The molecule has 0 amide bonds. The summed E-state index contributed by atoms with van der Waals surface area (Å²) >= 11 is 0. The number of hydrogen-bond donors (Lipinski definition) is 2. The SMILES string of the molecule is C[C@]12CC[C@@H]3C4CC[C@@H](O)C[C@H]4CC[C@H]3[C@@H]1C[C@@H](O)C2=O. The van der Waals surface area contributed by atoms with Gasteiger partial charge in [-0.15, -0.1) is 0 Å². The fourth-order valence-electron chi connectivity index (χ4n) is 6.62.